The fourth-order valence-electron chi connectivity index (χ4n) is 1.03. The van der Waals surface area contributed by atoms with Gasteiger partial charge in [-0.3, -0.25) is 4.79 Å². The van der Waals surface area contributed by atoms with Crippen LogP contribution >= 0.6 is 0 Å². The first-order chi connectivity index (χ1) is 5.52. The monoisotopic (exact) mass is 166 g/mol. The summed E-state index contributed by atoms with van der Waals surface area (Å²) in [6.45, 7) is 5.00. The number of allylic oxidation sites excluding steroid dienone is 3. The molecule has 0 N–H and O–H groups in total. The first-order valence-electron chi connectivity index (χ1n) is 3.64. The van der Waals surface area contributed by atoms with Crippen LogP contribution in [0.5, 0.6) is 0 Å². The van der Waals surface area contributed by atoms with Crippen molar-refractivity contribution in [3.63, 3.8) is 0 Å². The summed E-state index contributed by atoms with van der Waals surface area (Å²) in [6, 6.07) is 0. The topological polar surface area (TPSA) is 43.4 Å². The second-order valence-corrected chi connectivity index (χ2v) is 2.88. The highest BCUT2D eigenvalue weighted by molar-refractivity contribution is 6.24. The van der Waals surface area contributed by atoms with E-state index < -0.39 is 5.97 Å². The van der Waals surface area contributed by atoms with E-state index in [2.05, 4.69) is 0 Å². The third-order valence-corrected chi connectivity index (χ3v) is 1.54. The number of carbonyl (C=O) groups is 2. The zero-order valence-electron chi connectivity index (χ0n) is 7.30. The van der Waals surface area contributed by atoms with E-state index in [1.807, 2.05) is 0 Å². The third-order valence-electron chi connectivity index (χ3n) is 1.54. The van der Waals surface area contributed by atoms with Gasteiger partial charge < -0.3 is 4.74 Å². The first kappa shape index (κ1) is 8.71. The summed E-state index contributed by atoms with van der Waals surface area (Å²) >= 11 is 0. The van der Waals surface area contributed by atoms with Crippen LogP contribution in [-0.2, 0) is 14.3 Å². The Balaban J connectivity index is 3.17. The molecule has 12 heavy (non-hydrogen) atoms. The number of esters is 1. The van der Waals surface area contributed by atoms with E-state index in [9.17, 15) is 9.59 Å². The Kier molecular flexibility index (Phi) is 2.13. The molecule has 1 aliphatic heterocycles. The second kappa shape index (κ2) is 2.93. The summed E-state index contributed by atoms with van der Waals surface area (Å²) in [4.78, 5) is 22.3. The molecule has 0 radical (unpaired) electrons. The van der Waals surface area contributed by atoms with Crippen molar-refractivity contribution < 1.29 is 14.3 Å². The molecule has 0 fully saturated rings. The van der Waals surface area contributed by atoms with Crippen molar-refractivity contribution in [1.29, 1.82) is 0 Å². The predicted octanol–water partition coefficient (Wildman–Crippen LogP) is 1.35. The Morgan fingerprint density at radius 1 is 1.33 bits per heavy atom. The Bertz CT molecular complexity index is 304. The number of ether oxygens (including phenoxy) is 1. The number of hydrogen-bond donors (Lipinski definition) is 0. The maximum Gasteiger partial charge on any atom is 0.347 e. The Morgan fingerprint density at radius 3 is 2.33 bits per heavy atom. The van der Waals surface area contributed by atoms with Crippen molar-refractivity contribution in [3.05, 3.63) is 23.0 Å². The van der Waals surface area contributed by atoms with Crippen LogP contribution in [0, 0.1) is 0 Å². The summed E-state index contributed by atoms with van der Waals surface area (Å²) in [5, 5.41) is 0. The molecule has 1 aliphatic rings. The molecule has 1 rings (SSSR count). The number of carbonyl (C=O) groups excluding carboxylic acids is 2. The van der Waals surface area contributed by atoms with Gasteiger partial charge in [0.05, 0.1) is 0 Å². The van der Waals surface area contributed by atoms with Crippen LogP contribution in [0.3, 0.4) is 0 Å². The lowest BCUT2D eigenvalue weighted by molar-refractivity contribution is -0.137. The zero-order valence-corrected chi connectivity index (χ0v) is 7.30. The average molecular weight is 166 g/mol. The van der Waals surface area contributed by atoms with E-state index in [0.29, 0.717) is 11.3 Å². The van der Waals surface area contributed by atoms with Gasteiger partial charge >= 0.3 is 5.97 Å². The molecule has 0 atom stereocenters. The van der Waals surface area contributed by atoms with Crippen LogP contribution in [0.25, 0.3) is 0 Å². The predicted molar refractivity (Wildman–Crippen MR) is 43.2 cm³/mol. The van der Waals surface area contributed by atoms with Gasteiger partial charge in [-0.2, -0.15) is 0 Å². The fraction of sp³-hybridized carbons (Fsp3) is 0.333. The molecular formula is C9H10O3. The van der Waals surface area contributed by atoms with Gasteiger partial charge in [-0.25, -0.2) is 4.79 Å². The summed E-state index contributed by atoms with van der Waals surface area (Å²) < 4.78 is 4.77. The SMILES string of the molecule is CC1=CC(=O)C(=C(C)C)C(=O)O1. The van der Waals surface area contributed by atoms with Crippen LogP contribution in [0.15, 0.2) is 23.0 Å². The summed E-state index contributed by atoms with van der Waals surface area (Å²) in [7, 11) is 0. The van der Waals surface area contributed by atoms with E-state index in [1.165, 1.54) is 6.08 Å². The number of rotatable bonds is 0. The quantitative estimate of drug-likeness (QED) is 0.310. The van der Waals surface area contributed by atoms with Crippen LogP contribution in [-0.4, -0.2) is 11.8 Å². The highest BCUT2D eigenvalue weighted by atomic mass is 16.5. The molecule has 64 valence electrons. The summed E-state index contributed by atoms with van der Waals surface area (Å²) in [5.41, 5.74) is 0.842. The maximum atomic E-state index is 11.2. The lowest BCUT2D eigenvalue weighted by Crippen LogP contribution is -2.20. The molecule has 0 aromatic rings. The van der Waals surface area contributed by atoms with Crippen molar-refractivity contribution in [2.24, 2.45) is 0 Å². The largest absolute Gasteiger partial charge is 0.428 e. The summed E-state index contributed by atoms with van der Waals surface area (Å²) in [6.07, 6.45) is 1.32. The molecule has 1 heterocycles. The average Bonchev–Trinajstić information content (AvgIpc) is 1.82. The van der Waals surface area contributed by atoms with Crippen molar-refractivity contribution in [2.75, 3.05) is 0 Å². The zero-order chi connectivity index (χ0) is 9.30. The van der Waals surface area contributed by atoms with Crippen molar-refractivity contribution in [3.8, 4) is 0 Å². The molecular weight excluding hydrogens is 156 g/mol. The molecule has 3 heteroatoms. The van der Waals surface area contributed by atoms with Gasteiger partial charge in [0.25, 0.3) is 0 Å². The fourth-order valence-corrected chi connectivity index (χ4v) is 1.03. The Hall–Kier alpha value is -1.38. The highest BCUT2D eigenvalue weighted by Gasteiger charge is 2.24. The maximum absolute atomic E-state index is 11.2. The van der Waals surface area contributed by atoms with Gasteiger partial charge in [0, 0.05) is 6.08 Å². The molecule has 0 spiro atoms. The highest BCUT2D eigenvalue weighted by Crippen LogP contribution is 2.16. The molecule has 0 aromatic heterocycles. The van der Waals surface area contributed by atoms with Crippen LogP contribution in [0.2, 0.25) is 0 Å². The minimum atomic E-state index is -0.542. The van der Waals surface area contributed by atoms with Gasteiger partial charge in [0.2, 0.25) is 0 Å². The van der Waals surface area contributed by atoms with Gasteiger partial charge in [-0.15, -0.1) is 0 Å². The molecule has 0 bridgehead atoms. The molecule has 3 nitrogen and oxygen atoms in total. The lowest BCUT2D eigenvalue weighted by Gasteiger charge is -2.12. The van der Waals surface area contributed by atoms with E-state index in [0.717, 1.165) is 0 Å². The molecule has 0 amide bonds. The van der Waals surface area contributed by atoms with E-state index in [1.54, 1.807) is 20.8 Å². The van der Waals surface area contributed by atoms with Crippen molar-refractivity contribution in [2.45, 2.75) is 20.8 Å². The minimum absolute atomic E-state index is 0.153. The second-order valence-electron chi connectivity index (χ2n) is 2.88. The van der Waals surface area contributed by atoms with E-state index >= 15 is 0 Å². The normalized spacial score (nSPS) is 17.2. The smallest absolute Gasteiger partial charge is 0.347 e. The van der Waals surface area contributed by atoms with Gasteiger partial charge in [0.1, 0.15) is 11.3 Å². The Morgan fingerprint density at radius 2 is 1.92 bits per heavy atom. The van der Waals surface area contributed by atoms with Gasteiger partial charge in [0.15, 0.2) is 5.78 Å². The van der Waals surface area contributed by atoms with Crippen molar-refractivity contribution in [1.82, 2.24) is 0 Å². The lowest BCUT2D eigenvalue weighted by atomic mass is 10.0. The first-order valence-corrected chi connectivity index (χ1v) is 3.64. The minimum Gasteiger partial charge on any atom is -0.428 e. The molecule has 0 unspecified atom stereocenters. The molecule has 0 saturated carbocycles. The van der Waals surface area contributed by atoms with E-state index in [4.69, 9.17) is 4.74 Å². The standard InChI is InChI=1S/C9H10O3/c1-5(2)8-7(10)4-6(3)12-9(8)11/h4H,1-3H3. The Labute approximate surface area is 70.7 Å². The number of hydrogen-bond acceptors (Lipinski definition) is 3. The molecule has 0 aliphatic carbocycles. The third kappa shape index (κ3) is 1.44. The van der Waals surface area contributed by atoms with Crippen molar-refractivity contribution >= 4 is 11.8 Å². The van der Waals surface area contributed by atoms with Gasteiger partial charge in [-0.1, -0.05) is 5.57 Å². The summed E-state index contributed by atoms with van der Waals surface area (Å²) in [5.74, 6) is -0.446. The number of ketones is 1. The molecule has 0 aromatic carbocycles. The van der Waals surface area contributed by atoms with Crippen LogP contribution in [0.4, 0.5) is 0 Å². The molecule has 0 saturated heterocycles. The number of cyclic esters (lactones) is 1. The van der Waals surface area contributed by atoms with Gasteiger partial charge in [-0.05, 0) is 20.8 Å². The van der Waals surface area contributed by atoms with Crippen LogP contribution < -0.4 is 0 Å². The van der Waals surface area contributed by atoms with Crippen LogP contribution in [0.1, 0.15) is 20.8 Å². The van der Waals surface area contributed by atoms with E-state index in [-0.39, 0.29) is 11.4 Å².